The lowest BCUT2D eigenvalue weighted by Crippen LogP contribution is -2.34. The summed E-state index contributed by atoms with van der Waals surface area (Å²) in [6.45, 7) is 2.26. The summed E-state index contributed by atoms with van der Waals surface area (Å²) < 4.78 is 30.8. The molecule has 0 saturated heterocycles. The van der Waals surface area contributed by atoms with Crippen molar-refractivity contribution in [2.45, 2.75) is 32.4 Å². The van der Waals surface area contributed by atoms with Gasteiger partial charge in [-0.2, -0.15) is 0 Å². The predicted octanol–water partition coefficient (Wildman–Crippen LogP) is 2.97. The Labute approximate surface area is 173 Å². The van der Waals surface area contributed by atoms with E-state index in [1.54, 1.807) is 18.4 Å². The molecule has 7 nitrogen and oxygen atoms in total. The second-order valence-electron chi connectivity index (χ2n) is 7.11. The number of nitrogens with zero attached hydrogens (tertiary/aromatic N) is 2. The monoisotopic (exact) mass is 431 g/mol. The number of fused-ring (bicyclic) bond motifs is 1. The predicted molar refractivity (Wildman–Crippen MR) is 112 cm³/mol. The molecule has 0 radical (unpaired) electrons. The molecular weight excluding hydrogens is 410 g/mol. The molecule has 0 saturated carbocycles. The van der Waals surface area contributed by atoms with Crippen LogP contribution in [0.1, 0.15) is 23.3 Å². The van der Waals surface area contributed by atoms with Crippen LogP contribution >= 0.6 is 11.3 Å². The lowest BCUT2D eigenvalue weighted by atomic mass is 10.1. The Morgan fingerprint density at radius 3 is 2.93 bits per heavy atom. The molecule has 1 N–H and O–H groups in total. The van der Waals surface area contributed by atoms with Crippen molar-refractivity contribution in [3.05, 3.63) is 58.3 Å². The molecule has 152 valence electrons. The number of thiazole rings is 1. The van der Waals surface area contributed by atoms with Crippen molar-refractivity contribution < 1.29 is 17.6 Å². The normalized spacial score (nSPS) is 16.1. The van der Waals surface area contributed by atoms with Crippen molar-refractivity contribution in [3.8, 4) is 11.3 Å². The zero-order chi connectivity index (χ0) is 20.6. The van der Waals surface area contributed by atoms with Crippen molar-refractivity contribution in [1.29, 1.82) is 0 Å². The van der Waals surface area contributed by atoms with Crippen LogP contribution in [0, 0.1) is 0 Å². The van der Waals surface area contributed by atoms with Gasteiger partial charge < -0.3 is 9.73 Å². The number of sulfonamides is 1. The third-order valence-electron chi connectivity index (χ3n) is 4.79. The van der Waals surface area contributed by atoms with Crippen molar-refractivity contribution in [3.63, 3.8) is 0 Å². The van der Waals surface area contributed by atoms with Crippen LogP contribution in [0.3, 0.4) is 0 Å². The molecule has 0 aliphatic carbocycles. The van der Waals surface area contributed by atoms with Crippen LogP contribution < -0.4 is 9.62 Å². The van der Waals surface area contributed by atoms with E-state index < -0.39 is 10.0 Å². The first-order chi connectivity index (χ1) is 13.8. The van der Waals surface area contributed by atoms with Crippen LogP contribution in [0.4, 0.5) is 5.69 Å². The fourth-order valence-corrected chi connectivity index (χ4v) is 5.66. The SMILES string of the molecule is C[C@H]1Cc2cc(-c3csc(CC(=O)NCc4ccco4)n3)ccc2N1S(C)(=O)=O. The van der Waals surface area contributed by atoms with Crippen LogP contribution in [0.5, 0.6) is 0 Å². The number of furan rings is 1. The van der Waals surface area contributed by atoms with Gasteiger partial charge in [-0.3, -0.25) is 9.10 Å². The molecule has 1 aliphatic heterocycles. The van der Waals surface area contributed by atoms with Gasteiger partial charge in [0.15, 0.2) is 0 Å². The maximum absolute atomic E-state index is 12.1. The second-order valence-corrected chi connectivity index (χ2v) is 9.92. The van der Waals surface area contributed by atoms with E-state index in [-0.39, 0.29) is 18.4 Å². The van der Waals surface area contributed by atoms with E-state index in [0.29, 0.717) is 18.7 Å². The minimum atomic E-state index is -3.31. The number of anilines is 1. The molecule has 0 spiro atoms. The summed E-state index contributed by atoms with van der Waals surface area (Å²) in [4.78, 5) is 16.7. The summed E-state index contributed by atoms with van der Waals surface area (Å²) in [6.07, 6.45) is 3.68. The summed E-state index contributed by atoms with van der Waals surface area (Å²) in [6, 6.07) is 9.20. The highest BCUT2D eigenvalue weighted by Gasteiger charge is 2.32. The second kappa shape index (κ2) is 7.64. The number of rotatable bonds is 6. The average Bonchev–Trinajstić information content (AvgIpc) is 3.37. The van der Waals surface area contributed by atoms with Crippen molar-refractivity contribution >= 4 is 33.0 Å². The van der Waals surface area contributed by atoms with Gasteiger partial charge in [0.2, 0.25) is 15.9 Å². The number of benzene rings is 1. The largest absolute Gasteiger partial charge is 0.467 e. The molecule has 0 unspecified atom stereocenters. The van der Waals surface area contributed by atoms with Gasteiger partial charge in [0.05, 0.1) is 36.9 Å². The Hall–Kier alpha value is -2.65. The highest BCUT2D eigenvalue weighted by molar-refractivity contribution is 7.92. The van der Waals surface area contributed by atoms with Crippen molar-refractivity contribution in [2.75, 3.05) is 10.6 Å². The first-order valence-electron chi connectivity index (χ1n) is 9.17. The summed E-state index contributed by atoms with van der Waals surface area (Å²) in [7, 11) is -3.31. The first kappa shape index (κ1) is 19.7. The first-order valence-corrected chi connectivity index (χ1v) is 11.9. The standard InChI is InChI=1S/C20H21N3O4S2/c1-13-8-15-9-14(5-6-18(15)23(13)29(2,25)26)17-12-28-20(22-17)10-19(24)21-11-16-4-3-7-27-16/h3-7,9,12-13H,8,10-11H2,1-2H3,(H,21,24)/t13-/m0/s1. The average molecular weight is 432 g/mol. The van der Waals surface area contributed by atoms with Gasteiger partial charge in [0.1, 0.15) is 10.8 Å². The van der Waals surface area contributed by atoms with Gasteiger partial charge >= 0.3 is 0 Å². The molecule has 1 aromatic carbocycles. The topological polar surface area (TPSA) is 92.5 Å². The van der Waals surface area contributed by atoms with E-state index in [1.807, 2.05) is 30.5 Å². The maximum Gasteiger partial charge on any atom is 0.232 e. The van der Waals surface area contributed by atoms with E-state index in [0.717, 1.165) is 27.5 Å². The highest BCUT2D eigenvalue weighted by atomic mass is 32.2. The van der Waals surface area contributed by atoms with Crippen LogP contribution in [0.25, 0.3) is 11.3 Å². The zero-order valence-electron chi connectivity index (χ0n) is 16.1. The Balaban J connectivity index is 1.46. The molecule has 0 fully saturated rings. The molecule has 3 aromatic rings. The maximum atomic E-state index is 12.1. The van der Waals surface area contributed by atoms with Crippen LogP contribution in [-0.2, 0) is 34.2 Å². The van der Waals surface area contributed by atoms with Crippen LogP contribution in [0.2, 0.25) is 0 Å². The third kappa shape index (κ3) is 4.20. The molecular formula is C20H21N3O4S2. The third-order valence-corrected chi connectivity index (χ3v) is 6.91. The Morgan fingerprint density at radius 1 is 1.38 bits per heavy atom. The number of hydrogen-bond donors (Lipinski definition) is 1. The summed E-state index contributed by atoms with van der Waals surface area (Å²) in [5, 5.41) is 5.46. The minimum Gasteiger partial charge on any atom is -0.467 e. The molecule has 3 heterocycles. The van der Waals surface area contributed by atoms with Crippen LogP contribution in [-0.4, -0.2) is 31.6 Å². The number of nitrogens with one attached hydrogen (secondary N) is 1. The smallest absolute Gasteiger partial charge is 0.232 e. The molecule has 2 aromatic heterocycles. The molecule has 9 heteroatoms. The number of amides is 1. The number of carbonyl (C=O) groups is 1. The van der Waals surface area contributed by atoms with Gasteiger partial charge in [-0.05, 0) is 43.2 Å². The minimum absolute atomic E-state index is 0.0981. The highest BCUT2D eigenvalue weighted by Crippen LogP contribution is 2.37. The summed E-state index contributed by atoms with van der Waals surface area (Å²) >= 11 is 1.43. The summed E-state index contributed by atoms with van der Waals surface area (Å²) in [5.41, 5.74) is 3.43. The molecule has 4 rings (SSSR count). The van der Waals surface area contributed by atoms with Gasteiger partial charge in [0.25, 0.3) is 0 Å². The number of carbonyl (C=O) groups excluding carboxylic acids is 1. The quantitative estimate of drug-likeness (QED) is 0.648. The number of aromatic nitrogens is 1. The molecule has 1 amide bonds. The van der Waals surface area contributed by atoms with Gasteiger partial charge in [-0.1, -0.05) is 6.07 Å². The Morgan fingerprint density at radius 2 is 2.21 bits per heavy atom. The Kier molecular flexibility index (Phi) is 5.18. The molecule has 0 bridgehead atoms. The van der Waals surface area contributed by atoms with Crippen molar-refractivity contribution in [2.24, 2.45) is 0 Å². The lowest BCUT2D eigenvalue weighted by molar-refractivity contribution is -0.120. The van der Waals surface area contributed by atoms with Crippen LogP contribution in [0.15, 0.2) is 46.4 Å². The molecule has 29 heavy (non-hydrogen) atoms. The summed E-state index contributed by atoms with van der Waals surface area (Å²) in [5.74, 6) is 0.586. The molecule has 1 aliphatic rings. The van der Waals surface area contributed by atoms with Gasteiger partial charge in [-0.15, -0.1) is 11.3 Å². The zero-order valence-corrected chi connectivity index (χ0v) is 17.7. The van der Waals surface area contributed by atoms with E-state index in [2.05, 4.69) is 10.3 Å². The van der Waals surface area contributed by atoms with Crippen molar-refractivity contribution in [1.82, 2.24) is 10.3 Å². The fourth-order valence-electron chi connectivity index (χ4n) is 3.59. The Bertz CT molecular complexity index is 1140. The van der Waals surface area contributed by atoms with Gasteiger partial charge in [-0.25, -0.2) is 13.4 Å². The number of hydrogen-bond acceptors (Lipinski definition) is 6. The van der Waals surface area contributed by atoms with Gasteiger partial charge in [0, 0.05) is 17.0 Å². The van der Waals surface area contributed by atoms with E-state index in [9.17, 15) is 13.2 Å². The van der Waals surface area contributed by atoms with E-state index >= 15 is 0 Å². The lowest BCUT2D eigenvalue weighted by Gasteiger charge is -2.21. The van der Waals surface area contributed by atoms with E-state index in [1.165, 1.54) is 21.9 Å². The molecule has 1 atom stereocenters. The fraction of sp³-hybridized carbons (Fsp3) is 0.300. The van der Waals surface area contributed by atoms with E-state index in [4.69, 9.17) is 4.42 Å².